The van der Waals surface area contributed by atoms with Crippen molar-refractivity contribution < 1.29 is 4.79 Å². The monoisotopic (exact) mass is 254 g/mol. The summed E-state index contributed by atoms with van der Waals surface area (Å²) >= 11 is 0. The molecule has 0 spiro atoms. The molecule has 0 bridgehead atoms. The quantitative estimate of drug-likeness (QED) is 0.436. The molecular formula is C13H26N4O. The number of carbonyl (C=O) groups is 1. The lowest BCUT2D eigenvalue weighted by atomic mass is 10.2. The van der Waals surface area contributed by atoms with Crippen LogP contribution in [0.25, 0.3) is 0 Å². The second-order valence-corrected chi connectivity index (χ2v) is 4.57. The minimum Gasteiger partial charge on any atom is -0.357 e. The fourth-order valence-electron chi connectivity index (χ4n) is 2.14. The molecule has 1 fully saturated rings. The average Bonchev–Trinajstić information content (AvgIpc) is 2.58. The predicted molar refractivity (Wildman–Crippen MR) is 74.7 cm³/mol. The summed E-state index contributed by atoms with van der Waals surface area (Å²) in [5, 5.41) is 6.39. The molecule has 5 heteroatoms. The number of hydrogen-bond donors (Lipinski definition) is 2. The predicted octanol–water partition coefficient (Wildman–Crippen LogP) is 0.964. The van der Waals surface area contributed by atoms with E-state index < -0.39 is 0 Å². The number of rotatable bonds is 5. The van der Waals surface area contributed by atoms with E-state index in [2.05, 4.69) is 15.6 Å². The Morgan fingerprint density at radius 3 is 2.89 bits per heavy atom. The van der Waals surface area contributed by atoms with Crippen LogP contribution in [-0.2, 0) is 4.79 Å². The highest BCUT2D eigenvalue weighted by atomic mass is 16.2. The highest BCUT2D eigenvalue weighted by molar-refractivity contribution is 5.79. The van der Waals surface area contributed by atoms with Crippen LogP contribution in [-0.4, -0.2) is 50.0 Å². The molecule has 0 radical (unpaired) electrons. The molecule has 2 N–H and O–H groups in total. The Balaban J connectivity index is 2.18. The normalized spacial score (nSPS) is 17.6. The van der Waals surface area contributed by atoms with Crippen LogP contribution in [0.2, 0.25) is 0 Å². The van der Waals surface area contributed by atoms with E-state index in [1.807, 2.05) is 11.8 Å². The molecule has 1 aliphatic rings. The van der Waals surface area contributed by atoms with Crippen LogP contribution in [0.5, 0.6) is 0 Å². The van der Waals surface area contributed by atoms with Gasteiger partial charge in [-0.05, 0) is 26.2 Å². The van der Waals surface area contributed by atoms with E-state index >= 15 is 0 Å². The van der Waals surface area contributed by atoms with Crippen LogP contribution in [0.3, 0.4) is 0 Å². The van der Waals surface area contributed by atoms with Crippen LogP contribution < -0.4 is 10.6 Å². The lowest BCUT2D eigenvalue weighted by Crippen LogP contribution is -2.39. The molecule has 0 saturated carbocycles. The van der Waals surface area contributed by atoms with Crippen molar-refractivity contribution in [3.63, 3.8) is 0 Å². The SMILES string of the molecule is CCNC(=NC)NCCCN1CCCCCC1=O. The van der Waals surface area contributed by atoms with Crippen molar-refractivity contribution in [2.75, 3.05) is 33.2 Å². The van der Waals surface area contributed by atoms with Crippen molar-refractivity contribution in [1.29, 1.82) is 0 Å². The number of aliphatic imine (C=N–C) groups is 1. The molecule has 104 valence electrons. The smallest absolute Gasteiger partial charge is 0.222 e. The van der Waals surface area contributed by atoms with E-state index in [9.17, 15) is 4.79 Å². The second-order valence-electron chi connectivity index (χ2n) is 4.57. The molecule has 18 heavy (non-hydrogen) atoms. The molecule has 0 atom stereocenters. The van der Waals surface area contributed by atoms with Gasteiger partial charge in [-0.1, -0.05) is 6.42 Å². The van der Waals surface area contributed by atoms with Gasteiger partial charge in [0.2, 0.25) is 5.91 Å². The first-order valence-corrected chi connectivity index (χ1v) is 7.00. The Bertz CT molecular complexity index is 278. The molecular weight excluding hydrogens is 228 g/mol. The summed E-state index contributed by atoms with van der Waals surface area (Å²) in [6.07, 6.45) is 5.09. The van der Waals surface area contributed by atoms with Crippen LogP contribution in [0.15, 0.2) is 4.99 Å². The van der Waals surface area contributed by atoms with Gasteiger partial charge in [0.1, 0.15) is 0 Å². The van der Waals surface area contributed by atoms with Gasteiger partial charge in [0.05, 0.1) is 0 Å². The van der Waals surface area contributed by atoms with Gasteiger partial charge in [-0.25, -0.2) is 0 Å². The first-order valence-electron chi connectivity index (χ1n) is 7.00. The molecule has 1 aliphatic heterocycles. The zero-order valence-corrected chi connectivity index (χ0v) is 11.7. The third kappa shape index (κ3) is 5.38. The van der Waals surface area contributed by atoms with Gasteiger partial charge >= 0.3 is 0 Å². The van der Waals surface area contributed by atoms with E-state index in [0.29, 0.717) is 5.91 Å². The fraction of sp³-hybridized carbons (Fsp3) is 0.846. The van der Waals surface area contributed by atoms with Gasteiger partial charge < -0.3 is 15.5 Å². The summed E-state index contributed by atoms with van der Waals surface area (Å²) in [5.41, 5.74) is 0. The summed E-state index contributed by atoms with van der Waals surface area (Å²) in [5.74, 6) is 1.16. The van der Waals surface area contributed by atoms with Crippen LogP contribution in [0.4, 0.5) is 0 Å². The number of carbonyl (C=O) groups excluding carboxylic acids is 1. The first-order chi connectivity index (χ1) is 8.77. The Labute approximate surface area is 110 Å². The van der Waals surface area contributed by atoms with Crippen molar-refractivity contribution in [1.82, 2.24) is 15.5 Å². The molecule has 1 saturated heterocycles. The minimum atomic E-state index is 0.323. The largest absolute Gasteiger partial charge is 0.357 e. The minimum absolute atomic E-state index is 0.323. The molecule has 1 rings (SSSR count). The van der Waals surface area contributed by atoms with Gasteiger partial charge in [0.25, 0.3) is 0 Å². The summed E-state index contributed by atoms with van der Waals surface area (Å²) in [6.45, 7) is 5.55. The van der Waals surface area contributed by atoms with Gasteiger partial charge in [0.15, 0.2) is 5.96 Å². The van der Waals surface area contributed by atoms with E-state index in [0.717, 1.165) is 57.8 Å². The third-order valence-electron chi connectivity index (χ3n) is 3.14. The number of amides is 1. The van der Waals surface area contributed by atoms with Crippen LogP contribution in [0, 0.1) is 0 Å². The molecule has 5 nitrogen and oxygen atoms in total. The van der Waals surface area contributed by atoms with E-state index in [1.54, 1.807) is 7.05 Å². The Morgan fingerprint density at radius 2 is 2.17 bits per heavy atom. The van der Waals surface area contributed by atoms with E-state index in [1.165, 1.54) is 6.42 Å². The maximum absolute atomic E-state index is 11.8. The van der Waals surface area contributed by atoms with E-state index in [4.69, 9.17) is 0 Å². The highest BCUT2D eigenvalue weighted by Crippen LogP contribution is 2.10. The highest BCUT2D eigenvalue weighted by Gasteiger charge is 2.15. The van der Waals surface area contributed by atoms with Gasteiger partial charge in [0, 0.05) is 39.6 Å². The van der Waals surface area contributed by atoms with Crippen molar-refractivity contribution >= 4 is 11.9 Å². The maximum Gasteiger partial charge on any atom is 0.222 e. The Morgan fingerprint density at radius 1 is 1.33 bits per heavy atom. The zero-order valence-electron chi connectivity index (χ0n) is 11.7. The fourth-order valence-corrected chi connectivity index (χ4v) is 2.14. The van der Waals surface area contributed by atoms with E-state index in [-0.39, 0.29) is 0 Å². The van der Waals surface area contributed by atoms with Gasteiger partial charge in [-0.15, -0.1) is 0 Å². The lowest BCUT2D eigenvalue weighted by molar-refractivity contribution is -0.130. The van der Waals surface area contributed by atoms with Crippen molar-refractivity contribution in [3.05, 3.63) is 0 Å². The number of hydrogen-bond acceptors (Lipinski definition) is 2. The van der Waals surface area contributed by atoms with Crippen molar-refractivity contribution in [3.8, 4) is 0 Å². The Hall–Kier alpha value is -1.26. The van der Waals surface area contributed by atoms with Crippen LogP contribution >= 0.6 is 0 Å². The molecule has 0 aromatic heterocycles. The van der Waals surface area contributed by atoms with Crippen molar-refractivity contribution in [2.24, 2.45) is 4.99 Å². The molecule has 1 heterocycles. The maximum atomic E-state index is 11.8. The number of likely N-dealkylation sites (tertiary alicyclic amines) is 1. The molecule has 0 unspecified atom stereocenters. The molecule has 1 amide bonds. The first kappa shape index (κ1) is 14.8. The second kappa shape index (κ2) is 8.78. The zero-order chi connectivity index (χ0) is 13.2. The summed E-state index contributed by atoms with van der Waals surface area (Å²) in [4.78, 5) is 17.9. The topological polar surface area (TPSA) is 56.7 Å². The molecule has 0 aromatic rings. The summed E-state index contributed by atoms with van der Waals surface area (Å²) < 4.78 is 0. The Kier molecular flexibility index (Phi) is 7.22. The number of guanidine groups is 1. The number of nitrogens with zero attached hydrogens (tertiary/aromatic N) is 2. The summed E-state index contributed by atoms with van der Waals surface area (Å²) in [7, 11) is 1.77. The van der Waals surface area contributed by atoms with Crippen molar-refractivity contribution in [2.45, 2.75) is 39.0 Å². The molecule has 0 aromatic carbocycles. The molecule has 0 aliphatic carbocycles. The standard InChI is InChI=1S/C13H26N4O/c1-3-15-13(14-2)16-9-7-11-17-10-6-4-5-8-12(17)18/h3-11H2,1-2H3,(H2,14,15,16). The van der Waals surface area contributed by atoms with Gasteiger partial charge in [-0.2, -0.15) is 0 Å². The third-order valence-corrected chi connectivity index (χ3v) is 3.14. The lowest BCUT2D eigenvalue weighted by Gasteiger charge is -2.20. The van der Waals surface area contributed by atoms with Crippen LogP contribution in [0.1, 0.15) is 39.0 Å². The van der Waals surface area contributed by atoms with Gasteiger partial charge in [-0.3, -0.25) is 9.79 Å². The average molecular weight is 254 g/mol. The summed E-state index contributed by atoms with van der Waals surface area (Å²) in [6, 6.07) is 0. The number of nitrogens with one attached hydrogen (secondary N) is 2.